The molecular weight excluding hydrogens is 280 g/mol. The summed E-state index contributed by atoms with van der Waals surface area (Å²) in [5.41, 5.74) is 0. The zero-order valence-corrected chi connectivity index (χ0v) is 12.5. The first-order chi connectivity index (χ1) is 11.3. The lowest BCUT2D eigenvalue weighted by Crippen LogP contribution is -1.84. The molecule has 0 radical (unpaired) electrons. The molecule has 0 atom stereocenters. The number of rotatable bonds is 0. The van der Waals surface area contributed by atoms with Crippen LogP contribution in [0.2, 0.25) is 0 Å². The Balaban J connectivity index is 2.21. The third-order valence-electron chi connectivity index (χ3n) is 4.71. The summed E-state index contributed by atoms with van der Waals surface area (Å²) in [5, 5.41) is 19.7. The highest BCUT2D eigenvalue weighted by atomic mass is 16.3. The predicted molar refractivity (Wildman–Crippen MR) is 98.1 cm³/mol. The smallest absolute Gasteiger partial charge is 0.124 e. The molecule has 0 fully saturated rings. The van der Waals surface area contributed by atoms with Crippen LogP contribution in [-0.2, 0) is 0 Å². The number of fused-ring (bicyclic) bond motifs is 7. The second kappa shape index (κ2) is 4.47. The summed E-state index contributed by atoms with van der Waals surface area (Å²) in [6.07, 6.45) is 0. The molecule has 0 spiro atoms. The van der Waals surface area contributed by atoms with E-state index in [0.717, 1.165) is 16.2 Å². The topological polar surface area (TPSA) is 20.2 Å². The Morgan fingerprint density at radius 3 is 1.78 bits per heavy atom. The van der Waals surface area contributed by atoms with Gasteiger partial charge in [-0.3, -0.25) is 0 Å². The van der Waals surface area contributed by atoms with Gasteiger partial charge in [0.1, 0.15) is 5.75 Å². The molecule has 1 N–H and O–H groups in total. The molecule has 0 unspecified atom stereocenters. The Morgan fingerprint density at radius 1 is 0.478 bits per heavy atom. The summed E-state index contributed by atoms with van der Waals surface area (Å²) in [7, 11) is 0. The van der Waals surface area contributed by atoms with Gasteiger partial charge in [-0.15, -0.1) is 0 Å². The van der Waals surface area contributed by atoms with E-state index in [1.54, 1.807) is 0 Å². The molecule has 0 amide bonds. The molecule has 23 heavy (non-hydrogen) atoms. The summed E-state index contributed by atoms with van der Waals surface area (Å²) in [5.74, 6) is 0.341. The van der Waals surface area contributed by atoms with Crippen molar-refractivity contribution in [3.05, 3.63) is 78.9 Å². The molecule has 5 aromatic rings. The van der Waals surface area contributed by atoms with Crippen molar-refractivity contribution in [2.75, 3.05) is 0 Å². The highest BCUT2D eigenvalue weighted by molar-refractivity contribution is 6.28. The third-order valence-corrected chi connectivity index (χ3v) is 4.71. The Morgan fingerprint density at radius 2 is 1.04 bits per heavy atom. The van der Waals surface area contributed by atoms with E-state index in [1.807, 2.05) is 12.1 Å². The van der Waals surface area contributed by atoms with Crippen molar-refractivity contribution >= 4 is 43.1 Å². The first kappa shape index (κ1) is 12.5. The summed E-state index contributed by atoms with van der Waals surface area (Å²) >= 11 is 0. The highest BCUT2D eigenvalue weighted by Gasteiger charge is 2.11. The maximum absolute atomic E-state index is 10.5. The predicted octanol–water partition coefficient (Wildman–Crippen LogP) is 6.01. The minimum Gasteiger partial charge on any atom is -0.507 e. The van der Waals surface area contributed by atoms with Crippen LogP contribution in [0.15, 0.2) is 78.9 Å². The van der Waals surface area contributed by atoms with Gasteiger partial charge in [0.15, 0.2) is 0 Å². The molecule has 0 saturated carbocycles. The molecule has 1 heteroatoms. The van der Waals surface area contributed by atoms with Crippen LogP contribution in [0.3, 0.4) is 0 Å². The zero-order chi connectivity index (χ0) is 15.4. The molecular formula is C22H14O. The van der Waals surface area contributed by atoms with Gasteiger partial charge in [-0.25, -0.2) is 0 Å². The van der Waals surface area contributed by atoms with Gasteiger partial charge in [0.25, 0.3) is 0 Å². The average Bonchev–Trinajstić information content (AvgIpc) is 2.61. The number of hydrogen-bond donors (Lipinski definition) is 1. The van der Waals surface area contributed by atoms with E-state index in [9.17, 15) is 5.11 Å². The van der Waals surface area contributed by atoms with E-state index in [0.29, 0.717) is 5.75 Å². The van der Waals surface area contributed by atoms with Gasteiger partial charge in [-0.05, 0) is 38.4 Å². The molecule has 0 aliphatic heterocycles. The summed E-state index contributed by atoms with van der Waals surface area (Å²) < 4.78 is 0. The lowest BCUT2D eigenvalue weighted by molar-refractivity contribution is 0.482. The maximum Gasteiger partial charge on any atom is 0.124 e. The fourth-order valence-electron chi connectivity index (χ4n) is 3.67. The van der Waals surface area contributed by atoms with Crippen molar-refractivity contribution in [1.82, 2.24) is 0 Å². The average molecular weight is 294 g/mol. The summed E-state index contributed by atoms with van der Waals surface area (Å²) in [6, 6.07) is 27.0. The Labute approximate surface area is 133 Å². The van der Waals surface area contributed by atoms with Gasteiger partial charge in [0.2, 0.25) is 0 Å². The van der Waals surface area contributed by atoms with Crippen LogP contribution in [0, 0.1) is 0 Å². The zero-order valence-electron chi connectivity index (χ0n) is 12.5. The van der Waals surface area contributed by atoms with Gasteiger partial charge < -0.3 is 5.11 Å². The fourth-order valence-corrected chi connectivity index (χ4v) is 3.67. The lowest BCUT2D eigenvalue weighted by atomic mass is 9.92. The highest BCUT2D eigenvalue weighted by Crippen LogP contribution is 2.40. The standard InChI is InChI=1S/C22H14O/c23-20-13-16-10-9-14-5-1-3-7-17(14)21(16)22-18-8-4-2-6-15(18)11-12-19(20)22/h1-13,23H. The Kier molecular flexibility index (Phi) is 2.42. The van der Waals surface area contributed by atoms with Crippen LogP contribution in [0.25, 0.3) is 43.1 Å². The molecule has 0 aromatic heterocycles. The van der Waals surface area contributed by atoms with Gasteiger partial charge in [0, 0.05) is 10.8 Å². The number of phenols is 1. The minimum atomic E-state index is 0.341. The Hall–Kier alpha value is -3.06. The molecule has 0 aliphatic carbocycles. The van der Waals surface area contributed by atoms with E-state index < -0.39 is 0 Å². The SMILES string of the molecule is Oc1cc2ccc3ccccc3c2c2c1ccc1ccccc12. The van der Waals surface area contributed by atoms with Crippen LogP contribution in [0.4, 0.5) is 0 Å². The number of aromatic hydroxyl groups is 1. The minimum absolute atomic E-state index is 0.341. The van der Waals surface area contributed by atoms with Crippen molar-refractivity contribution in [3.63, 3.8) is 0 Å². The molecule has 0 saturated heterocycles. The second-order valence-corrected chi connectivity index (χ2v) is 5.99. The quantitative estimate of drug-likeness (QED) is 0.347. The molecule has 108 valence electrons. The molecule has 0 aliphatic rings. The van der Waals surface area contributed by atoms with Crippen molar-refractivity contribution in [1.29, 1.82) is 0 Å². The van der Waals surface area contributed by atoms with E-state index in [-0.39, 0.29) is 0 Å². The van der Waals surface area contributed by atoms with Crippen LogP contribution < -0.4 is 0 Å². The van der Waals surface area contributed by atoms with Gasteiger partial charge in [0.05, 0.1) is 0 Å². The van der Waals surface area contributed by atoms with Crippen molar-refractivity contribution in [3.8, 4) is 5.75 Å². The largest absolute Gasteiger partial charge is 0.507 e. The Bertz CT molecular complexity index is 1220. The normalized spacial score (nSPS) is 11.7. The third kappa shape index (κ3) is 1.68. The van der Waals surface area contributed by atoms with E-state index >= 15 is 0 Å². The van der Waals surface area contributed by atoms with Crippen LogP contribution in [0.5, 0.6) is 5.75 Å². The maximum atomic E-state index is 10.5. The summed E-state index contributed by atoms with van der Waals surface area (Å²) in [6.45, 7) is 0. The lowest BCUT2D eigenvalue weighted by Gasteiger charge is -2.12. The molecule has 0 bridgehead atoms. The van der Waals surface area contributed by atoms with Crippen LogP contribution >= 0.6 is 0 Å². The molecule has 1 nitrogen and oxygen atoms in total. The van der Waals surface area contributed by atoms with Crippen molar-refractivity contribution in [2.45, 2.75) is 0 Å². The summed E-state index contributed by atoms with van der Waals surface area (Å²) in [4.78, 5) is 0. The van der Waals surface area contributed by atoms with Crippen molar-refractivity contribution < 1.29 is 5.11 Å². The van der Waals surface area contributed by atoms with Crippen LogP contribution in [0.1, 0.15) is 0 Å². The van der Waals surface area contributed by atoms with E-state index in [2.05, 4.69) is 66.7 Å². The van der Waals surface area contributed by atoms with Gasteiger partial charge >= 0.3 is 0 Å². The molecule has 5 aromatic carbocycles. The number of phenolic OH excluding ortho intramolecular Hbond substituents is 1. The van der Waals surface area contributed by atoms with Crippen molar-refractivity contribution in [2.24, 2.45) is 0 Å². The van der Waals surface area contributed by atoms with E-state index in [1.165, 1.54) is 26.9 Å². The second-order valence-electron chi connectivity index (χ2n) is 5.99. The fraction of sp³-hybridized carbons (Fsp3) is 0. The molecule has 5 rings (SSSR count). The van der Waals surface area contributed by atoms with Crippen LogP contribution in [-0.4, -0.2) is 5.11 Å². The number of hydrogen-bond acceptors (Lipinski definition) is 1. The first-order valence-electron chi connectivity index (χ1n) is 7.78. The van der Waals surface area contributed by atoms with Gasteiger partial charge in [-0.1, -0.05) is 72.8 Å². The first-order valence-corrected chi connectivity index (χ1v) is 7.78. The van der Waals surface area contributed by atoms with Gasteiger partial charge in [-0.2, -0.15) is 0 Å². The number of benzene rings is 5. The monoisotopic (exact) mass is 294 g/mol. The molecule has 0 heterocycles. The van der Waals surface area contributed by atoms with E-state index in [4.69, 9.17) is 0 Å².